The molecule has 19 heavy (non-hydrogen) atoms. The van der Waals surface area contributed by atoms with Crippen LogP contribution in [0.2, 0.25) is 0 Å². The van der Waals surface area contributed by atoms with Crippen molar-refractivity contribution in [2.75, 3.05) is 24.7 Å². The Morgan fingerprint density at radius 1 is 1.32 bits per heavy atom. The predicted octanol–water partition coefficient (Wildman–Crippen LogP) is 2.94. The molecule has 0 spiro atoms. The van der Waals surface area contributed by atoms with E-state index < -0.39 is 0 Å². The largest absolute Gasteiger partial charge is 0.381 e. The number of anilines is 1. The van der Waals surface area contributed by atoms with Gasteiger partial charge in [-0.05, 0) is 25.0 Å². The molecule has 1 saturated heterocycles. The van der Waals surface area contributed by atoms with Crippen molar-refractivity contribution in [2.24, 2.45) is 5.92 Å². The molecule has 0 bridgehead atoms. The van der Waals surface area contributed by atoms with Crippen LogP contribution in [-0.2, 0) is 9.53 Å². The highest BCUT2D eigenvalue weighted by molar-refractivity contribution is 8.00. The van der Waals surface area contributed by atoms with E-state index in [0.29, 0.717) is 5.25 Å². The molecule has 0 saturated carbocycles. The maximum atomic E-state index is 12.7. The first-order chi connectivity index (χ1) is 9.25. The van der Waals surface area contributed by atoms with Gasteiger partial charge in [-0.1, -0.05) is 19.1 Å². The quantitative estimate of drug-likeness (QED) is 0.790. The second-order valence-electron chi connectivity index (χ2n) is 5.23. The number of nitrogens with zero attached hydrogens (tertiary/aromatic N) is 1. The van der Waals surface area contributed by atoms with E-state index in [9.17, 15) is 4.79 Å². The number of benzene rings is 1. The third-order valence-electron chi connectivity index (χ3n) is 3.76. The lowest BCUT2D eigenvalue weighted by atomic mass is 9.98. The third kappa shape index (κ3) is 2.65. The van der Waals surface area contributed by atoms with E-state index in [1.807, 2.05) is 28.8 Å². The summed E-state index contributed by atoms with van der Waals surface area (Å²) in [6.07, 6.45) is 1.72. The van der Waals surface area contributed by atoms with Crippen LogP contribution < -0.4 is 4.90 Å². The molecule has 1 aromatic carbocycles. The first-order valence-electron chi connectivity index (χ1n) is 6.90. The normalized spacial score (nSPS) is 24.1. The van der Waals surface area contributed by atoms with Crippen LogP contribution >= 0.6 is 11.8 Å². The number of para-hydroxylation sites is 1. The second-order valence-corrected chi connectivity index (χ2v) is 6.71. The van der Waals surface area contributed by atoms with E-state index in [1.165, 1.54) is 4.90 Å². The van der Waals surface area contributed by atoms with E-state index in [-0.39, 0.29) is 11.8 Å². The molecule has 102 valence electrons. The lowest BCUT2D eigenvalue weighted by Gasteiger charge is -2.35. The average molecular weight is 277 g/mol. The molecule has 3 nitrogen and oxygen atoms in total. The maximum Gasteiger partial charge on any atom is 0.230 e. The minimum absolute atomic E-state index is 0.136. The smallest absolute Gasteiger partial charge is 0.230 e. The molecule has 4 heteroatoms. The Bertz CT molecular complexity index is 471. The van der Waals surface area contributed by atoms with Gasteiger partial charge >= 0.3 is 0 Å². The molecule has 0 N–H and O–H groups in total. The zero-order valence-corrected chi connectivity index (χ0v) is 12.0. The molecular weight excluding hydrogens is 258 g/mol. The van der Waals surface area contributed by atoms with Crippen LogP contribution in [0.5, 0.6) is 0 Å². The molecule has 2 heterocycles. The van der Waals surface area contributed by atoms with Gasteiger partial charge in [0.1, 0.15) is 0 Å². The molecule has 2 aliphatic rings. The van der Waals surface area contributed by atoms with E-state index in [0.717, 1.165) is 38.3 Å². The van der Waals surface area contributed by atoms with Gasteiger partial charge < -0.3 is 9.64 Å². The standard InChI is InChI=1S/C15H19NO2S/c1-11-10-16(13-4-2-3-5-14(13)19-11)15(17)12-6-8-18-9-7-12/h2-5,11-12H,6-10H2,1H3. The fraction of sp³-hybridized carbons (Fsp3) is 0.533. The van der Waals surface area contributed by atoms with Gasteiger partial charge in [-0.25, -0.2) is 0 Å². The van der Waals surface area contributed by atoms with Gasteiger partial charge in [-0.15, -0.1) is 11.8 Å². The minimum atomic E-state index is 0.136. The van der Waals surface area contributed by atoms with Crippen molar-refractivity contribution in [1.82, 2.24) is 0 Å². The van der Waals surface area contributed by atoms with Crippen LogP contribution in [0.4, 0.5) is 5.69 Å². The summed E-state index contributed by atoms with van der Waals surface area (Å²) in [6, 6.07) is 8.23. The molecule has 1 amide bonds. The van der Waals surface area contributed by atoms with Gasteiger partial charge in [0.2, 0.25) is 5.91 Å². The van der Waals surface area contributed by atoms with Crippen molar-refractivity contribution in [1.29, 1.82) is 0 Å². The van der Waals surface area contributed by atoms with Gasteiger partial charge in [0.05, 0.1) is 5.69 Å². The maximum absolute atomic E-state index is 12.7. The van der Waals surface area contributed by atoms with Crippen LogP contribution in [0.25, 0.3) is 0 Å². The molecule has 2 aliphatic heterocycles. The molecule has 1 aromatic rings. The Balaban J connectivity index is 1.85. The van der Waals surface area contributed by atoms with Gasteiger partial charge in [0, 0.05) is 35.8 Å². The number of carbonyl (C=O) groups excluding carboxylic acids is 1. The first-order valence-corrected chi connectivity index (χ1v) is 7.78. The summed E-state index contributed by atoms with van der Waals surface area (Å²) in [5.41, 5.74) is 1.09. The highest BCUT2D eigenvalue weighted by Crippen LogP contribution is 2.39. The summed E-state index contributed by atoms with van der Waals surface area (Å²) in [4.78, 5) is 15.9. The summed E-state index contributed by atoms with van der Waals surface area (Å²) >= 11 is 1.86. The topological polar surface area (TPSA) is 29.5 Å². The van der Waals surface area contributed by atoms with Crippen molar-refractivity contribution >= 4 is 23.4 Å². The van der Waals surface area contributed by atoms with Crippen molar-refractivity contribution in [3.05, 3.63) is 24.3 Å². The van der Waals surface area contributed by atoms with Crippen molar-refractivity contribution < 1.29 is 9.53 Å². The van der Waals surface area contributed by atoms with E-state index >= 15 is 0 Å². The number of hydrogen-bond acceptors (Lipinski definition) is 3. The SMILES string of the molecule is CC1CN(C(=O)C2CCOCC2)c2ccccc2S1. The van der Waals surface area contributed by atoms with Gasteiger partial charge in [-0.2, -0.15) is 0 Å². The number of fused-ring (bicyclic) bond motifs is 1. The molecule has 3 rings (SSSR count). The molecule has 0 aliphatic carbocycles. The van der Waals surface area contributed by atoms with Crippen molar-refractivity contribution in [3.63, 3.8) is 0 Å². The molecule has 1 fully saturated rings. The lowest BCUT2D eigenvalue weighted by Crippen LogP contribution is -2.43. The summed E-state index contributed by atoms with van der Waals surface area (Å²) < 4.78 is 5.35. The fourth-order valence-electron chi connectivity index (χ4n) is 2.76. The monoisotopic (exact) mass is 277 g/mol. The van der Waals surface area contributed by atoms with Gasteiger partial charge in [-0.3, -0.25) is 4.79 Å². The molecule has 0 aromatic heterocycles. The number of ether oxygens (including phenoxy) is 1. The summed E-state index contributed by atoms with van der Waals surface area (Å²) in [6.45, 7) is 4.44. The number of carbonyl (C=O) groups is 1. The highest BCUT2D eigenvalue weighted by Gasteiger charge is 2.32. The number of amides is 1. The summed E-state index contributed by atoms with van der Waals surface area (Å²) in [7, 11) is 0. The molecule has 1 unspecified atom stereocenters. The molecule has 0 radical (unpaired) electrons. The van der Waals surface area contributed by atoms with Gasteiger partial charge in [0.15, 0.2) is 0 Å². The highest BCUT2D eigenvalue weighted by atomic mass is 32.2. The van der Waals surface area contributed by atoms with Crippen LogP contribution in [-0.4, -0.2) is 30.9 Å². The minimum Gasteiger partial charge on any atom is -0.381 e. The average Bonchev–Trinajstić information content (AvgIpc) is 2.46. The second kappa shape index (κ2) is 5.55. The summed E-state index contributed by atoms with van der Waals surface area (Å²) in [5, 5.41) is 0.457. The van der Waals surface area contributed by atoms with Crippen molar-refractivity contribution in [3.8, 4) is 0 Å². The zero-order valence-electron chi connectivity index (χ0n) is 11.2. The third-order valence-corrected chi connectivity index (χ3v) is 4.91. The summed E-state index contributed by atoms with van der Waals surface area (Å²) in [5.74, 6) is 0.417. The van der Waals surface area contributed by atoms with Crippen LogP contribution in [0.3, 0.4) is 0 Å². The van der Waals surface area contributed by atoms with Crippen molar-refractivity contribution in [2.45, 2.75) is 29.9 Å². The lowest BCUT2D eigenvalue weighted by molar-refractivity contribution is -0.125. The molecule has 1 atom stereocenters. The molecular formula is C15H19NO2S. The Labute approximate surface area is 118 Å². The van der Waals surface area contributed by atoms with E-state index in [1.54, 1.807) is 0 Å². The zero-order chi connectivity index (χ0) is 13.2. The number of thioether (sulfide) groups is 1. The fourth-order valence-corrected chi connectivity index (χ4v) is 3.88. The van der Waals surface area contributed by atoms with Gasteiger partial charge in [0.25, 0.3) is 0 Å². The number of rotatable bonds is 1. The van der Waals surface area contributed by atoms with Crippen LogP contribution in [0.15, 0.2) is 29.2 Å². The first kappa shape index (κ1) is 13.0. The Kier molecular flexibility index (Phi) is 3.80. The Morgan fingerprint density at radius 3 is 2.84 bits per heavy atom. The van der Waals surface area contributed by atoms with E-state index in [2.05, 4.69) is 19.1 Å². The van der Waals surface area contributed by atoms with Crippen LogP contribution in [0.1, 0.15) is 19.8 Å². The predicted molar refractivity (Wildman–Crippen MR) is 77.7 cm³/mol. The van der Waals surface area contributed by atoms with E-state index in [4.69, 9.17) is 4.74 Å². The number of hydrogen-bond donors (Lipinski definition) is 0. The Hall–Kier alpha value is -1.00. The Morgan fingerprint density at radius 2 is 2.05 bits per heavy atom. The van der Waals surface area contributed by atoms with Crippen LogP contribution in [0, 0.1) is 5.92 Å².